The highest BCUT2D eigenvalue weighted by Crippen LogP contribution is 2.21. The van der Waals surface area contributed by atoms with Crippen LogP contribution in [0.25, 0.3) is 10.9 Å². The predicted molar refractivity (Wildman–Crippen MR) is 127 cm³/mol. The van der Waals surface area contributed by atoms with Gasteiger partial charge in [-0.3, -0.25) is 4.79 Å². The Morgan fingerprint density at radius 1 is 1.30 bits per heavy atom. The third-order valence-electron chi connectivity index (χ3n) is 5.60. The van der Waals surface area contributed by atoms with Crippen molar-refractivity contribution in [1.29, 1.82) is 0 Å². The Morgan fingerprint density at radius 2 is 2.13 bits per heavy atom. The number of hydrogen-bond acceptors (Lipinski definition) is 4. The van der Waals surface area contributed by atoms with Gasteiger partial charge in [0.25, 0.3) is 5.56 Å². The van der Waals surface area contributed by atoms with Gasteiger partial charge in [-0.1, -0.05) is 18.2 Å². The van der Waals surface area contributed by atoms with Crippen molar-refractivity contribution in [3.05, 3.63) is 67.6 Å². The monoisotopic (exact) mass is 441 g/mol. The van der Waals surface area contributed by atoms with Crippen LogP contribution < -0.4 is 10.9 Å². The standard InChI is InChI=1S/C23H27N3O2S2/c1-15-7-8-16(2)21-20(15)11-17(22(27)25-21)13-26(14-19-6-4-10-30-19)23(29)24-12-18-5-3-9-28-18/h4,6-8,10-11,18H,3,5,9,12-14H2,1-2H3,(H,24,29)(H,25,27)/t18-/m1/s1. The number of pyridine rings is 1. The summed E-state index contributed by atoms with van der Waals surface area (Å²) in [4.78, 5) is 19.2. The average Bonchev–Trinajstić information content (AvgIpc) is 3.43. The van der Waals surface area contributed by atoms with Crippen molar-refractivity contribution in [3.8, 4) is 0 Å². The summed E-state index contributed by atoms with van der Waals surface area (Å²) in [5.41, 5.74) is 3.79. The van der Waals surface area contributed by atoms with E-state index in [1.165, 1.54) is 4.88 Å². The van der Waals surface area contributed by atoms with Crippen LogP contribution in [0.15, 0.2) is 40.5 Å². The van der Waals surface area contributed by atoms with E-state index in [2.05, 4.69) is 39.6 Å². The second kappa shape index (κ2) is 9.29. The number of fused-ring (bicyclic) bond motifs is 1. The van der Waals surface area contributed by atoms with Crippen LogP contribution in [0.1, 0.15) is 34.4 Å². The van der Waals surface area contributed by atoms with E-state index >= 15 is 0 Å². The number of H-pyrrole nitrogens is 1. The molecular formula is C23H27N3O2S2. The van der Waals surface area contributed by atoms with Crippen LogP contribution in [-0.2, 0) is 17.8 Å². The first kappa shape index (κ1) is 21.0. The van der Waals surface area contributed by atoms with Gasteiger partial charge >= 0.3 is 0 Å². The fourth-order valence-electron chi connectivity index (χ4n) is 3.85. The molecule has 2 aromatic heterocycles. The quantitative estimate of drug-likeness (QED) is 0.560. The SMILES string of the molecule is Cc1ccc(C)c2[nH]c(=O)c(CN(Cc3cccs3)C(=S)NC[C@H]3CCCO3)cc12. The maximum atomic E-state index is 12.9. The molecule has 0 unspecified atom stereocenters. The lowest BCUT2D eigenvalue weighted by molar-refractivity contribution is 0.113. The number of benzene rings is 1. The molecule has 0 amide bonds. The molecule has 2 N–H and O–H groups in total. The Balaban J connectivity index is 1.59. The molecule has 7 heteroatoms. The van der Waals surface area contributed by atoms with E-state index in [1.54, 1.807) is 11.3 Å². The Bertz CT molecular complexity index is 1090. The van der Waals surface area contributed by atoms with E-state index in [0.29, 0.717) is 30.3 Å². The molecule has 0 saturated carbocycles. The molecule has 30 heavy (non-hydrogen) atoms. The summed E-state index contributed by atoms with van der Waals surface area (Å²) in [6.45, 7) is 6.73. The molecule has 158 valence electrons. The van der Waals surface area contributed by atoms with E-state index in [0.717, 1.165) is 41.5 Å². The predicted octanol–water partition coefficient (Wildman–Crippen LogP) is 4.26. The smallest absolute Gasteiger partial charge is 0.253 e. The molecule has 1 aliphatic rings. The molecule has 1 fully saturated rings. The fraction of sp³-hybridized carbons (Fsp3) is 0.391. The number of thiophene rings is 1. The Kier molecular flexibility index (Phi) is 6.51. The second-order valence-corrected chi connectivity index (χ2v) is 9.29. The van der Waals surface area contributed by atoms with Gasteiger partial charge in [-0.15, -0.1) is 11.3 Å². The van der Waals surface area contributed by atoms with Crippen molar-refractivity contribution < 1.29 is 4.74 Å². The molecule has 0 radical (unpaired) electrons. The number of nitrogens with one attached hydrogen (secondary N) is 2. The third kappa shape index (κ3) is 4.74. The van der Waals surface area contributed by atoms with Crippen LogP contribution in [0.3, 0.4) is 0 Å². The lowest BCUT2D eigenvalue weighted by Gasteiger charge is -2.26. The lowest BCUT2D eigenvalue weighted by Crippen LogP contribution is -2.42. The minimum Gasteiger partial charge on any atom is -0.376 e. The first-order valence-corrected chi connectivity index (χ1v) is 11.6. The molecule has 0 bridgehead atoms. The number of thiocarbonyl (C=S) groups is 1. The molecule has 1 aliphatic heterocycles. The highest BCUT2D eigenvalue weighted by atomic mass is 32.1. The molecule has 0 aliphatic carbocycles. The largest absolute Gasteiger partial charge is 0.376 e. The van der Waals surface area contributed by atoms with Gasteiger partial charge in [0.2, 0.25) is 0 Å². The number of aryl methyl sites for hydroxylation is 2. The van der Waals surface area contributed by atoms with Crippen molar-refractivity contribution in [2.24, 2.45) is 0 Å². The molecule has 1 atom stereocenters. The molecule has 1 aromatic carbocycles. The van der Waals surface area contributed by atoms with Gasteiger partial charge in [0.05, 0.1) is 24.7 Å². The average molecular weight is 442 g/mol. The number of hydrogen-bond donors (Lipinski definition) is 2. The summed E-state index contributed by atoms with van der Waals surface area (Å²) in [5, 5.41) is 7.15. The summed E-state index contributed by atoms with van der Waals surface area (Å²) in [5.74, 6) is 0. The fourth-order valence-corrected chi connectivity index (χ4v) is 4.78. The maximum Gasteiger partial charge on any atom is 0.253 e. The van der Waals surface area contributed by atoms with Gasteiger partial charge in [0.1, 0.15) is 0 Å². The summed E-state index contributed by atoms with van der Waals surface area (Å²) < 4.78 is 5.71. The molecule has 3 aromatic rings. The van der Waals surface area contributed by atoms with Crippen molar-refractivity contribution in [3.63, 3.8) is 0 Å². The summed E-state index contributed by atoms with van der Waals surface area (Å²) in [7, 11) is 0. The third-order valence-corrected chi connectivity index (χ3v) is 6.86. The highest BCUT2D eigenvalue weighted by Gasteiger charge is 2.19. The van der Waals surface area contributed by atoms with Gasteiger partial charge < -0.3 is 19.9 Å². The summed E-state index contributed by atoms with van der Waals surface area (Å²) in [6.07, 6.45) is 2.37. The van der Waals surface area contributed by atoms with E-state index in [1.807, 2.05) is 25.1 Å². The summed E-state index contributed by atoms with van der Waals surface area (Å²) in [6, 6.07) is 10.3. The van der Waals surface area contributed by atoms with Crippen LogP contribution in [0.2, 0.25) is 0 Å². The maximum absolute atomic E-state index is 12.9. The Hall–Kier alpha value is -2.22. The van der Waals surface area contributed by atoms with Gasteiger partial charge in [-0.05, 0) is 67.5 Å². The number of rotatable bonds is 6. The molecule has 0 spiro atoms. The molecular weight excluding hydrogens is 414 g/mol. The van der Waals surface area contributed by atoms with Crippen molar-refractivity contribution in [2.75, 3.05) is 13.2 Å². The minimum absolute atomic E-state index is 0.0608. The van der Waals surface area contributed by atoms with Crippen molar-refractivity contribution in [2.45, 2.75) is 45.9 Å². The zero-order valence-electron chi connectivity index (χ0n) is 17.4. The van der Waals surface area contributed by atoms with Crippen molar-refractivity contribution in [1.82, 2.24) is 15.2 Å². The van der Waals surface area contributed by atoms with Crippen LogP contribution >= 0.6 is 23.6 Å². The van der Waals surface area contributed by atoms with Gasteiger partial charge in [-0.25, -0.2) is 0 Å². The summed E-state index contributed by atoms with van der Waals surface area (Å²) >= 11 is 7.41. The second-order valence-electron chi connectivity index (χ2n) is 7.87. The zero-order valence-corrected chi connectivity index (χ0v) is 19.0. The van der Waals surface area contributed by atoms with Crippen LogP contribution in [0.4, 0.5) is 0 Å². The Morgan fingerprint density at radius 3 is 2.87 bits per heavy atom. The first-order valence-electron chi connectivity index (χ1n) is 10.3. The van der Waals surface area contributed by atoms with E-state index in [9.17, 15) is 4.79 Å². The van der Waals surface area contributed by atoms with Gasteiger partial charge in [0, 0.05) is 29.0 Å². The van der Waals surface area contributed by atoms with Crippen molar-refractivity contribution >= 4 is 39.6 Å². The number of aromatic amines is 1. The lowest BCUT2D eigenvalue weighted by atomic mass is 10.0. The van der Waals surface area contributed by atoms with Crippen LogP contribution in [0.5, 0.6) is 0 Å². The molecule has 3 heterocycles. The topological polar surface area (TPSA) is 57.4 Å². The molecule has 4 rings (SSSR count). The van der Waals surface area contributed by atoms with E-state index in [-0.39, 0.29) is 11.7 Å². The minimum atomic E-state index is -0.0608. The van der Waals surface area contributed by atoms with E-state index in [4.69, 9.17) is 17.0 Å². The molecule has 5 nitrogen and oxygen atoms in total. The number of aromatic nitrogens is 1. The highest BCUT2D eigenvalue weighted by molar-refractivity contribution is 7.80. The van der Waals surface area contributed by atoms with Crippen LogP contribution in [0, 0.1) is 13.8 Å². The van der Waals surface area contributed by atoms with Gasteiger partial charge in [-0.2, -0.15) is 0 Å². The van der Waals surface area contributed by atoms with E-state index < -0.39 is 0 Å². The zero-order chi connectivity index (χ0) is 21.1. The Labute approximate surface area is 186 Å². The van der Waals surface area contributed by atoms with Gasteiger partial charge in [0.15, 0.2) is 5.11 Å². The number of nitrogens with zero attached hydrogens (tertiary/aromatic N) is 1. The first-order chi connectivity index (χ1) is 14.5. The normalized spacial score (nSPS) is 16.1. The van der Waals surface area contributed by atoms with Crippen LogP contribution in [-0.4, -0.2) is 34.3 Å². The molecule has 1 saturated heterocycles. The number of ether oxygens (including phenoxy) is 1.